The highest BCUT2D eigenvalue weighted by molar-refractivity contribution is 6.31. The first-order valence-corrected chi connectivity index (χ1v) is 7.49. The summed E-state index contributed by atoms with van der Waals surface area (Å²) in [6.45, 7) is 2.99. The molecule has 4 heteroatoms. The fourth-order valence-corrected chi connectivity index (χ4v) is 2.72. The lowest BCUT2D eigenvalue weighted by Crippen LogP contribution is -2.27. The third-order valence-electron chi connectivity index (χ3n) is 3.66. The number of aromatic amines is 1. The summed E-state index contributed by atoms with van der Waals surface area (Å²) in [4.78, 5) is 7.51. The molecule has 0 aliphatic rings. The minimum absolute atomic E-state index is 0.353. The van der Waals surface area contributed by atoms with Crippen molar-refractivity contribution in [3.05, 3.63) is 64.9 Å². The second-order valence-corrected chi connectivity index (χ2v) is 5.70. The smallest absolute Gasteiger partial charge is 0.137 e. The molecule has 0 fully saturated rings. The number of halogens is 1. The first-order chi connectivity index (χ1) is 10.2. The maximum Gasteiger partial charge on any atom is 0.137 e. The number of rotatable bonds is 5. The van der Waals surface area contributed by atoms with Gasteiger partial charge in [0.1, 0.15) is 5.65 Å². The molecule has 2 N–H and O–H groups in total. The standard InChI is InChI=1S/C17H18ClN3/c1-12(9-13-5-2-3-7-16(13)18)20-10-14-11-21-17-15(14)6-4-8-19-17/h2-8,11-12,20H,9-10H2,1H3,(H,19,21). The Labute approximate surface area is 129 Å². The summed E-state index contributed by atoms with van der Waals surface area (Å²) in [5, 5.41) is 5.56. The zero-order chi connectivity index (χ0) is 14.7. The van der Waals surface area contributed by atoms with Crippen LogP contribution >= 0.6 is 11.6 Å². The summed E-state index contributed by atoms with van der Waals surface area (Å²) >= 11 is 6.21. The second kappa shape index (κ2) is 6.29. The van der Waals surface area contributed by atoms with Gasteiger partial charge in [0.2, 0.25) is 0 Å². The van der Waals surface area contributed by atoms with Gasteiger partial charge in [-0.25, -0.2) is 4.98 Å². The van der Waals surface area contributed by atoms with E-state index >= 15 is 0 Å². The summed E-state index contributed by atoms with van der Waals surface area (Å²) in [6.07, 6.45) is 4.74. The van der Waals surface area contributed by atoms with Crippen molar-refractivity contribution in [2.75, 3.05) is 0 Å². The van der Waals surface area contributed by atoms with Gasteiger partial charge in [0, 0.05) is 35.4 Å². The fraction of sp³-hybridized carbons (Fsp3) is 0.235. The lowest BCUT2D eigenvalue weighted by Gasteiger charge is -2.14. The molecular formula is C17H18ClN3. The van der Waals surface area contributed by atoms with Crippen LogP contribution in [0.25, 0.3) is 11.0 Å². The highest BCUT2D eigenvalue weighted by Crippen LogP contribution is 2.18. The minimum Gasteiger partial charge on any atom is -0.346 e. The summed E-state index contributed by atoms with van der Waals surface area (Å²) in [6, 6.07) is 12.4. The number of hydrogen-bond donors (Lipinski definition) is 2. The van der Waals surface area contributed by atoms with Crippen LogP contribution in [0.2, 0.25) is 5.02 Å². The highest BCUT2D eigenvalue weighted by Gasteiger charge is 2.08. The SMILES string of the molecule is CC(Cc1ccccc1Cl)NCc1c[nH]c2ncccc12. The number of aromatic nitrogens is 2. The van der Waals surface area contributed by atoms with Gasteiger partial charge in [-0.05, 0) is 42.7 Å². The number of H-pyrrole nitrogens is 1. The molecule has 0 radical (unpaired) electrons. The summed E-state index contributed by atoms with van der Waals surface area (Å²) in [5.41, 5.74) is 3.36. The van der Waals surface area contributed by atoms with E-state index in [0.29, 0.717) is 6.04 Å². The van der Waals surface area contributed by atoms with Gasteiger partial charge in [0.25, 0.3) is 0 Å². The molecule has 0 aliphatic carbocycles. The van der Waals surface area contributed by atoms with Crippen molar-refractivity contribution in [3.63, 3.8) is 0 Å². The minimum atomic E-state index is 0.353. The van der Waals surface area contributed by atoms with Gasteiger partial charge < -0.3 is 10.3 Å². The number of benzene rings is 1. The van der Waals surface area contributed by atoms with E-state index in [1.165, 1.54) is 16.5 Å². The highest BCUT2D eigenvalue weighted by atomic mass is 35.5. The van der Waals surface area contributed by atoms with Crippen LogP contribution in [0.4, 0.5) is 0 Å². The molecule has 0 spiro atoms. The zero-order valence-electron chi connectivity index (χ0n) is 11.9. The summed E-state index contributed by atoms with van der Waals surface area (Å²) < 4.78 is 0. The molecule has 0 saturated heterocycles. The third-order valence-corrected chi connectivity index (χ3v) is 4.03. The van der Waals surface area contributed by atoms with E-state index in [0.717, 1.165) is 23.6 Å². The van der Waals surface area contributed by atoms with Crippen LogP contribution in [-0.2, 0) is 13.0 Å². The van der Waals surface area contributed by atoms with Crippen LogP contribution in [0.5, 0.6) is 0 Å². The summed E-state index contributed by atoms with van der Waals surface area (Å²) in [7, 11) is 0. The molecule has 21 heavy (non-hydrogen) atoms. The summed E-state index contributed by atoms with van der Waals surface area (Å²) in [5.74, 6) is 0. The fourth-order valence-electron chi connectivity index (χ4n) is 2.51. The molecule has 1 atom stereocenters. The molecule has 0 saturated carbocycles. The van der Waals surface area contributed by atoms with Gasteiger partial charge >= 0.3 is 0 Å². The molecule has 0 amide bonds. The van der Waals surface area contributed by atoms with Gasteiger partial charge in [-0.1, -0.05) is 29.8 Å². The number of hydrogen-bond acceptors (Lipinski definition) is 2. The molecular weight excluding hydrogens is 282 g/mol. The number of fused-ring (bicyclic) bond motifs is 1. The molecule has 3 nitrogen and oxygen atoms in total. The van der Waals surface area contributed by atoms with E-state index in [1.54, 1.807) is 6.20 Å². The second-order valence-electron chi connectivity index (χ2n) is 5.29. The Balaban J connectivity index is 1.63. The van der Waals surface area contributed by atoms with Crippen molar-refractivity contribution < 1.29 is 0 Å². The van der Waals surface area contributed by atoms with Crippen LogP contribution < -0.4 is 5.32 Å². The quantitative estimate of drug-likeness (QED) is 0.749. The van der Waals surface area contributed by atoms with Crippen LogP contribution in [-0.4, -0.2) is 16.0 Å². The van der Waals surface area contributed by atoms with E-state index in [-0.39, 0.29) is 0 Å². The molecule has 1 unspecified atom stereocenters. The number of pyridine rings is 1. The topological polar surface area (TPSA) is 40.7 Å². The molecule has 2 heterocycles. The zero-order valence-corrected chi connectivity index (χ0v) is 12.7. The van der Waals surface area contributed by atoms with Gasteiger partial charge in [0.15, 0.2) is 0 Å². The van der Waals surface area contributed by atoms with Gasteiger partial charge in [-0.3, -0.25) is 0 Å². The Morgan fingerprint density at radius 3 is 2.90 bits per heavy atom. The lowest BCUT2D eigenvalue weighted by molar-refractivity contribution is 0.547. The normalized spacial score (nSPS) is 12.7. The first kappa shape index (κ1) is 14.1. The Morgan fingerprint density at radius 1 is 1.19 bits per heavy atom. The largest absolute Gasteiger partial charge is 0.346 e. The van der Waals surface area contributed by atoms with Crippen molar-refractivity contribution in [3.8, 4) is 0 Å². The molecule has 0 aliphatic heterocycles. The van der Waals surface area contributed by atoms with E-state index in [9.17, 15) is 0 Å². The average molecular weight is 300 g/mol. The van der Waals surface area contributed by atoms with Crippen molar-refractivity contribution in [2.45, 2.75) is 25.9 Å². The molecule has 2 aromatic heterocycles. The molecule has 3 rings (SSSR count). The Kier molecular flexibility index (Phi) is 4.23. The number of nitrogens with zero attached hydrogens (tertiary/aromatic N) is 1. The predicted molar refractivity (Wildman–Crippen MR) is 87.6 cm³/mol. The molecule has 0 bridgehead atoms. The van der Waals surface area contributed by atoms with E-state index < -0.39 is 0 Å². The van der Waals surface area contributed by atoms with Crippen molar-refractivity contribution in [2.24, 2.45) is 0 Å². The first-order valence-electron chi connectivity index (χ1n) is 7.12. The molecule has 3 aromatic rings. The maximum absolute atomic E-state index is 6.21. The average Bonchev–Trinajstić information content (AvgIpc) is 2.91. The van der Waals surface area contributed by atoms with Gasteiger partial charge in [-0.15, -0.1) is 0 Å². The van der Waals surface area contributed by atoms with Crippen LogP contribution in [0.1, 0.15) is 18.1 Å². The lowest BCUT2D eigenvalue weighted by atomic mass is 10.1. The van der Waals surface area contributed by atoms with Crippen LogP contribution in [0, 0.1) is 0 Å². The maximum atomic E-state index is 6.21. The Hall–Kier alpha value is -1.84. The Morgan fingerprint density at radius 2 is 2.05 bits per heavy atom. The van der Waals surface area contributed by atoms with Crippen LogP contribution in [0.15, 0.2) is 48.8 Å². The Bertz CT molecular complexity index is 735. The van der Waals surface area contributed by atoms with E-state index in [2.05, 4.69) is 34.3 Å². The van der Waals surface area contributed by atoms with Crippen LogP contribution in [0.3, 0.4) is 0 Å². The number of nitrogens with one attached hydrogen (secondary N) is 2. The molecule has 108 valence electrons. The van der Waals surface area contributed by atoms with E-state index in [1.807, 2.05) is 30.5 Å². The van der Waals surface area contributed by atoms with Gasteiger partial charge in [-0.2, -0.15) is 0 Å². The van der Waals surface area contributed by atoms with Crippen molar-refractivity contribution in [1.82, 2.24) is 15.3 Å². The van der Waals surface area contributed by atoms with Crippen molar-refractivity contribution >= 4 is 22.6 Å². The third kappa shape index (κ3) is 3.26. The van der Waals surface area contributed by atoms with Crippen molar-refractivity contribution in [1.29, 1.82) is 0 Å². The van der Waals surface area contributed by atoms with E-state index in [4.69, 9.17) is 11.6 Å². The van der Waals surface area contributed by atoms with Gasteiger partial charge in [0.05, 0.1) is 0 Å². The molecule has 1 aromatic carbocycles. The monoisotopic (exact) mass is 299 g/mol. The predicted octanol–water partition coefficient (Wildman–Crippen LogP) is 3.94.